The van der Waals surface area contributed by atoms with Crippen molar-refractivity contribution in [2.24, 2.45) is 5.92 Å². The van der Waals surface area contributed by atoms with Crippen LogP contribution in [0, 0.1) is 5.92 Å². The number of carbonyl (C=O) groups excluding carboxylic acids is 2. The van der Waals surface area contributed by atoms with Crippen LogP contribution in [0.4, 0.5) is 0 Å². The molecule has 0 spiro atoms. The van der Waals surface area contributed by atoms with Crippen molar-refractivity contribution in [3.8, 4) is 11.5 Å². The number of carboxylic acids is 1. The van der Waals surface area contributed by atoms with Gasteiger partial charge in [-0.25, -0.2) is 4.79 Å². The number of nitrogens with zero attached hydrogens (tertiary/aromatic N) is 1. The maximum atomic E-state index is 14.4. The lowest BCUT2D eigenvalue weighted by Crippen LogP contribution is -2.63. The molecule has 0 radical (unpaired) electrons. The van der Waals surface area contributed by atoms with Gasteiger partial charge in [-0.1, -0.05) is 58.0 Å². The molecule has 45 heavy (non-hydrogen) atoms. The summed E-state index contributed by atoms with van der Waals surface area (Å²) in [6, 6.07) is 13.2. The van der Waals surface area contributed by atoms with Crippen LogP contribution in [0.5, 0.6) is 11.5 Å². The van der Waals surface area contributed by atoms with Crippen LogP contribution in [-0.4, -0.2) is 79.0 Å². The lowest BCUT2D eigenvalue weighted by molar-refractivity contribution is -0.138. The van der Waals surface area contributed by atoms with Gasteiger partial charge in [0.15, 0.2) is 0 Å². The summed E-state index contributed by atoms with van der Waals surface area (Å²) in [5.41, 5.74) is 1.49. The van der Waals surface area contributed by atoms with Gasteiger partial charge in [-0.15, -0.1) is 11.8 Å². The van der Waals surface area contributed by atoms with Gasteiger partial charge in [0, 0.05) is 28.5 Å². The Labute approximate surface area is 273 Å². The largest absolute Gasteiger partial charge is 0.497 e. The highest BCUT2D eigenvalue weighted by Gasteiger charge is 2.43. The van der Waals surface area contributed by atoms with Crippen molar-refractivity contribution in [1.82, 2.24) is 15.5 Å². The van der Waals surface area contributed by atoms with E-state index >= 15 is 0 Å². The molecule has 2 amide bonds. The molecule has 248 valence electrons. The zero-order valence-corrected chi connectivity index (χ0v) is 29.4. The van der Waals surface area contributed by atoms with Gasteiger partial charge in [-0.3, -0.25) is 9.59 Å². The number of thioether (sulfide) groups is 1. The van der Waals surface area contributed by atoms with E-state index in [1.807, 2.05) is 90.1 Å². The maximum Gasteiger partial charge on any atom is 0.331 e. The monoisotopic (exact) mass is 641 g/mol. The minimum atomic E-state index is -1.04. The first-order chi connectivity index (χ1) is 21.0. The molecule has 0 aliphatic heterocycles. The number of amides is 2. The van der Waals surface area contributed by atoms with E-state index in [-0.39, 0.29) is 23.3 Å². The SMILES string of the molecule is CN[C@H](C(=O)N[C@H](C(=O)N(C)[C@H](C=C(C)C(=O)O)C(C)C)C(C)(C)SCc1ccc(OC)cc1)C(C)(C)c1ccc(OC)cc1. The van der Waals surface area contributed by atoms with Crippen LogP contribution < -0.4 is 20.1 Å². The summed E-state index contributed by atoms with van der Waals surface area (Å²) in [6.45, 7) is 13.2. The second-order valence-corrected chi connectivity index (χ2v) is 14.3. The van der Waals surface area contributed by atoms with Gasteiger partial charge < -0.3 is 30.1 Å². The Morgan fingerprint density at radius 2 is 1.44 bits per heavy atom. The molecule has 9 nitrogen and oxygen atoms in total. The molecule has 0 aliphatic carbocycles. The topological polar surface area (TPSA) is 117 Å². The van der Waals surface area contributed by atoms with Crippen molar-refractivity contribution in [2.45, 2.75) is 82.5 Å². The lowest BCUT2D eigenvalue weighted by Gasteiger charge is -2.41. The Balaban J connectivity index is 2.49. The number of rotatable bonds is 16. The number of nitrogens with one attached hydrogen (secondary N) is 2. The molecule has 0 aliphatic rings. The van der Waals surface area contributed by atoms with Gasteiger partial charge in [0.1, 0.15) is 17.5 Å². The average Bonchev–Trinajstić information content (AvgIpc) is 3.00. The molecule has 0 fully saturated rings. The lowest BCUT2D eigenvalue weighted by atomic mass is 9.77. The van der Waals surface area contributed by atoms with Crippen molar-refractivity contribution in [3.63, 3.8) is 0 Å². The van der Waals surface area contributed by atoms with E-state index in [0.717, 1.165) is 22.6 Å². The average molecular weight is 642 g/mol. The van der Waals surface area contributed by atoms with Crippen LogP contribution in [0.3, 0.4) is 0 Å². The minimum absolute atomic E-state index is 0.0706. The molecular weight excluding hydrogens is 590 g/mol. The predicted molar refractivity (Wildman–Crippen MR) is 182 cm³/mol. The third-order valence-corrected chi connectivity index (χ3v) is 9.80. The summed E-state index contributed by atoms with van der Waals surface area (Å²) in [4.78, 5) is 41.7. The summed E-state index contributed by atoms with van der Waals surface area (Å²) in [6.07, 6.45) is 1.60. The highest BCUT2D eigenvalue weighted by molar-refractivity contribution is 7.99. The van der Waals surface area contributed by atoms with Crippen molar-refractivity contribution in [2.75, 3.05) is 28.3 Å². The molecule has 3 N–H and O–H groups in total. The standard InChI is InChI=1S/C35H51N3O6S/c1-22(2)28(20-23(3)33(41)42)38(9)32(40)30(35(6,7)45-21-24-12-16-26(43-10)17-13-24)37-31(39)29(36-8)34(4,5)25-14-18-27(44-11)19-15-25/h12-20,22,28-30,36H,21H2,1-11H3,(H,37,39)(H,41,42)/t28-,29-,30-/m1/s1. The quantitative estimate of drug-likeness (QED) is 0.212. The predicted octanol–water partition coefficient (Wildman–Crippen LogP) is 5.28. The summed E-state index contributed by atoms with van der Waals surface area (Å²) in [5.74, 6) is 0.336. The number of likely N-dealkylation sites (N-methyl/N-ethyl adjacent to an activating group) is 2. The van der Waals surface area contributed by atoms with E-state index in [0.29, 0.717) is 5.75 Å². The number of carbonyl (C=O) groups is 3. The number of hydrogen-bond donors (Lipinski definition) is 3. The molecule has 10 heteroatoms. The molecule has 2 rings (SSSR count). The third kappa shape index (κ3) is 9.74. The Bertz CT molecular complexity index is 1320. The Kier molecular flexibility index (Phi) is 13.5. The third-order valence-electron chi connectivity index (χ3n) is 8.34. The fourth-order valence-electron chi connectivity index (χ4n) is 5.27. The van der Waals surface area contributed by atoms with Gasteiger partial charge in [-0.2, -0.15) is 0 Å². The molecule has 0 heterocycles. The zero-order valence-electron chi connectivity index (χ0n) is 28.6. The fourth-order valence-corrected chi connectivity index (χ4v) is 6.33. The highest BCUT2D eigenvalue weighted by atomic mass is 32.2. The second kappa shape index (κ2) is 16.2. The van der Waals surface area contributed by atoms with Gasteiger partial charge in [0.2, 0.25) is 11.8 Å². The second-order valence-electron chi connectivity index (χ2n) is 12.7. The van der Waals surface area contributed by atoms with Gasteiger partial charge in [-0.05, 0) is 69.1 Å². The van der Waals surface area contributed by atoms with Crippen molar-refractivity contribution in [1.29, 1.82) is 0 Å². The summed E-state index contributed by atoms with van der Waals surface area (Å²) < 4.78 is 9.84. The van der Waals surface area contributed by atoms with Crippen LogP contribution in [0.2, 0.25) is 0 Å². The number of benzene rings is 2. The summed E-state index contributed by atoms with van der Waals surface area (Å²) in [7, 11) is 6.62. The molecule has 0 bridgehead atoms. The van der Waals surface area contributed by atoms with Gasteiger partial charge >= 0.3 is 5.97 Å². The smallest absolute Gasteiger partial charge is 0.331 e. The van der Waals surface area contributed by atoms with Gasteiger partial charge in [0.25, 0.3) is 0 Å². The van der Waals surface area contributed by atoms with E-state index < -0.39 is 34.3 Å². The van der Waals surface area contributed by atoms with E-state index in [1.165, 1.54) is 6.92 Å². The number of methoxy groups -OCH3 is 2. The normalized spacial score (nSPS) is 14.4. The Morgan fingerprint density at radius 1 is 0.933 bits per heavy atom. The first-order valence-corrected chi connectivity index (χ1v) is 16.1. The molecule has 0 saturated carbocycles. The first-order valence-electron chi connectivity index (χ1n) is 15.1. The number of carboxylic acid groups (broad SMARTS) is 1. The van der Waals surface area contributed by atoms with E-state index in [1.54, 1.807) is 51.1 Å². The van der Waals surface area contributed by atoms with E-state index in [4.69, 9.17) is 9.47 Å². The fraction of sp³-hybridized carbons (Fsp3) is 0.514. The minimum Gasteiger partial charge on any atom is -0.497 e. The van der Waals surface area contributed by atoms with Crippen LogP contribution in [0.25, 0.3) is 0 Å². The highest BCUT2D eigenvalue weighted by Crippen LogP contribution is 2.34. The zero-order chi connectivity index (χ0) is 34.1. The number of hydrogen-bond acceptors (Lipinski definition) is 7. The van der Waals surface area contributed by atoms with E-state index in [9.17, 15) is 19.5 Å². The Hall–Kier alpha value is -3.50. The van der Waals surface area contributed by atoms with Crippen molar-refractivity contribution < 1.29 is 29.0 Å². The van der Waals surface area contributed by atoms with Crippen LogP contribution in [0.15, 0.2) is 60.2 Å². The molecule has 0 aromatic heterocycles. The first kappa shape index (κ1) is 37.7. The summed E-state index contributed by atoms with van der Waals surface area (Å²) in [5, 5.41) is 15.8. The molecule has 3 atom stereocenters. The van der Waals surface area contributed by atoms with Crippen LogP contribution >= 0.6 is 11.8 Å². The van der Waals surface area contributed by atoms with Gasteiger partial charge in [0.05, 0.1) is 26.3 Å². The Morgan fingerprint density at radius 3 is 1.89 bits per heavy atom. The molecular formula is C35H51N3O6S. The van der Waals surface area contributed by atoms with Crippen molar-refractivity contribution in [3.05, 3.63) is 71.3 Å². The molecule has 2 aromatic rings. The molecule has 2 aromatic carbocycles. The van der Waals surface area contributed by atoms with E-state index in [2.05, 4.69) is 10.6 Å². The maximum absolute atomic E-state index is 14.4. The van der Waals surface area contributed by atoms with Crippen molar-refractivity contribution >= 4 is 29.5 Å². The number of ether oxygens (including phenoxy) is 2. The molecule has 0 saturated heterocycles. The number of aliphatic carboxylic acids is 1. The van der Waals surface area contributed by atoms with Crippen LogP contribution in [0.1, 0.15) is 59.6 Å². The van der Waals surface area contributed by atoms with Crippen LogP contribution in [-0.2, 0) is 25.6 Å². The molecule has 0 unspecified atom stereocenters. The summed E-state index contributed by atoms with van der Waals surface area (Å²) >= 11 is 1.56.